The summed E-state index contributed by atoms with van der Waals surface area (Å²) in [6, 6.07) is 81.3. The minimum Gasteiger partial charge on any atom is -0.456 e. The second kappa shape index (κ2) is 16.1. The highest BCUT2D eigenvalue weighted by Crippen LogP contribution is 2.53. The normalized spacial score (nSPS) is 13.4. The molecule has 0 fully saturated rings. The van der Waals surface area contributed by atoms with Gasteiger partial charge in [-0.15, -0.1) is 0 Å². The molecule has 4 heterocycles. The van der Waals surface area contributed by atoms with Crippen LogP contribution in [-0.2, 0) is 10.8 Å². The first kappa shape index (κ1) is 45.0. The van der Waals surface area contributed by atoms with E-state index < -0.39 is 0 Å². The van der Waals surface area contributed by atoms with Crippen LogP contribution in [0.4, 0.5) is 51.2 Å². The van der Waals surface area contributed by atoms with Crippen molar-refractivity contribution in [1.29, 1.82) is 0 Å². The van der Waals surface area contributed by atoms with Crippen LogP contribution in [0.1, 0.15) is 52.7 Å². The molecule has 13 aromatic rings. The molecule has 0 spiro atoms. The Morgan fingerprint density at radius 3 is 1.50 bits per heavy atom. The first-order chi connectivity index (χ1) is 37.9. The molecule has 3 aliphatic rings. The van der Waals surface area contributed by atoms with E-state index in [1.807, 2.05) is 6.07 Å². The van der Waals surface area contributed by atoms with Crippen molar-refractivity contribution in [3.63, 3.8) is 0 Å². The van der Waals surface area contributed by atoms with E-state index in [9.17, 15) is 0 Å². The lowest BCUT2D eigenvalue weighted by molar-refractivity contribution is 0.590. The molecule has 2 aliphatic heterocycles. The van der Waals surface area contributed by atoms with Crippen LogP contribution < -0.4 is 31.1 Å². The fraction of sp³-hybridized carbons (Fsp3) is 0.111. The molecule has 2 aromatic heterocycles. The van der Waals surface area contributed by atoms with Crippen LogP contribution >= 0.6 is 0 Å². The van der Waals surface area contributed by atoms with Crippen molar-refractivity contribution in [3.05, 3.63) is 230 Å². The van der Waals surface area contributed by atoms with E-state index >= 15 is 0 Å². The highest BCUT2D eigenvalue weighted by molar-refractivity contribution is 7.00. The Hall–Kier alpha value is -9.26. The lowest BCUT2D eigenvalue weighted by Gasteiger charge is -2.44. The number of nitrogens with zero attached hydrogens (tertiary/aromatic N) is 3. The van der Waals surface area contributed by atoms with Crippen molar-refractivity contribution in [2.24, 2.45) is 0 Å². The molecular weight excluding hydrogens is 950 g/mol. The van der Waals surface area contributed by atoms with Crippen LogP contribution in [0.5, 0.6) is 0 Å². The number of benzene rings is 11. The number of fused-ring (bicyclic) bond motifs is 13. The van der Waals surface area contributed by atoms with Gasteiger partial charge in [0, 0.05) is 78.5 Å². The van der Waals surface area contributed by atoms with Gasteiger partial charge in [0.25, 0.3) is 6.71 Å². The highest BCUT2D eigenvalue weighted by Gasteiger charge is 2.44. The Balaban J connectivity index is 0.974. The first-order valence-electron chi connectivity index (χ1n) is 27.3. The van der Waals surface area contributed by atoms with Gasteiger partial charge in [0.15, 0.2) is 0 Å². The molecule has 6 heteroatoms. The molecule has 16 rings (SSSR count). The fourth-order valence-corrected chi connectivity index (χ4v) is 13.3. The zero-order valence-electron chi connectivity index (χ0n) is 44.5. The molecule has 0 N–H and O–H groups in total. The molecule has 1 aliphatic carbocycles. The van der Waals surface area contributed by atoms with Crippen LogP contribution in [-0.4, -0.2) is 6.71 Å². The first-order valence-corrected chi connectivity index (χ1v) is 27.3. The summed E-state index contributed by atoms with van der Waals surface area (Å²) in [5, 5.41) is 6.91. The molecule has 11 aromatic carbocycles. The number of rotatable bonds is 5. The zero-order valence-corrected chi connectivity index (χ0v) is 44.5. The van der Waals surface area contributed by atoms with Gasteiger partial charge in [0.2, 0.25) is 0 Å². The maximum absolute atomic E-state index is 6.73. The van der Waals surface area contributed by atoms with Crippen LogP contribution in [0.25, 0.3) is 76.9 Å². The average molecular weight is 1000 g/mol. The van der Waals surface area contributed by atoms with Gasteiger partial charge in [-0.1, -0.05) is 169 Å². The predicted octanol–water partition coefficient (Wildman–Crippen LogP) is 18.4. The minimum atomic E-state index is -0.110. The van der Waals surface area contributed by atoms with Crippen LogP contribution in [0.2, 0.25) is 0 Å². The Kier molecular flexibility index (Phi) is 9.31. The Bertz CT molecular complexity index is 4640. The number of anilines is 9. The number of hydrogen-bond acceptors (Lipinski definition) is 5. The van der Waals surface area contributed by atoms with Crippen LogP contribution in [0.15, 0.2) is 227 Å². The summed E-state index contributed by atoms with van der Waals surface area (Å²) in [7, 11) is 0. The highest BCUT2D eigenvalue weighted by atomic mass is 16.3. The second-order valence-corrected chi connectivity index (χ2v) is 23.7. The van der Waals surface area contributed by atoms with Gasteiger partial charge in [-0.3, -0.25) is 0 Å². The van der Waals surface area contributed by atoms with Crippen molar-refractivity contribution in [2.45, 2.75) is 52.4 Å². The van der Waals surface area contributed by atoms with Crippen molar-refractivity contribution in [3.8, 4) is 22.3 Å². The van der Waals surface area contributed by atoms with Gasteiger partial charge in [0.05, 0.1) is 5.69 Å². The van der Waals surface area contributed by atoms with E-state index in [0.717, 1.165) is 95.1 Å². The molecule has 5 nitrogen and oxygen atoms in total. The van der Waals surface area contributed by atoms with Gasteiger partial charge in [-0.05, 0) is 151 Å². The molecule has 0 amide bonds. The SMILES string of the molecule is CC(C)(C)c1ccc(N2c3cc(N(c4ccc5oc6ccccc6c5c4)c4ccc5c6c(cccc46)-c4ccccc4-5)ccc3B3c4cc5c(cc4N(c4ccc(C(C)(C)C)cc4)c4cccc2c43)oc2ccccc25)cc1. The third kappa shape index (κ3) is 6.50. The molecule has 0 atom stereocenters. The molecule has 0 saturated carbocycles. The third-order valence-electron chi connectivity index (χ3n) is 17.1. The van der Waals surface area contributed by atoms with Crippen molar-refractivity contribution < 1.29 is 8.83 Å². The molecule has 0 bridgehead atoms. The largest absolute Gasteiger partial charge is 0.456 e. The number of para-hydroxylation sites is 2. The average Bonchev–Trinajstić information content (AvgIpc) is 3.49. The summed E-state index contributed by atoms with van der Waals surface area (Å²) in [5.74, 6) is 0. The van der Waals surface area contributed by atoms with E-state index in [0.29, 0.717) is 0 Å². The van der Waals surface area contributed by atoms with Gasteiger partial charge < -0.3 is 23.5 Å². The summed E-state index contributed by atoms with van der Waals surface area (Å²) in [6.45, 7) is 13.6. The number of hydrogen-bond donors (Lipinski definition) is 0. The van der Waals surface area contributed by atoms with Gasteiger partial charge in [-0.2, -0.15) is 0 Å². The Labute approximate surface area is 454 Å². The monoisotopic (exact) mass is 1000 g/mol. The Morgan fingerprint density at radius 1 is 0.359 bits per heavy atom. The summed E-state index contributed by atoms with van der Waals surface area (Å²) in [5.41, 5.74) is 25.0. The van der Waals surface area contributed by atoms with Gasteiger partial charge >= 0.3 is 0 Å². The summed E-state index contributed by atoms with van der Waals surface area (Å²) < 4.78 is 13.2. The van der Waals surface area contributed by atoms with E-state index in [2.05, 4.69) is 269 Å². The third-order valence-corrected chi connectivity index (χ3v) is 17.1. The number of furan rings is 2. The topological polar surface area (TPSA) is 36.0 Å². The zero-order chi connectivity index (χ0) is 52.3. The predicted molar refractivity (Wildman–Crippen MR) is 329 cm³/mol. The quantitative estimate of drug-likeness (QED) is 0.161. The molecule has 0 unspecified atom stereocenters. The summed E-state index contributed by atoms with van der Waals surface area (Å²) in [6.07, 6.45) is 0. The van der Waals surface area contributed by atoms with Crippen molar-refractivity contribution in [2.75, 3.05) is 14.7 Å². The van der Waals surface area contributed by atoms with E-state index in [4.69, 9.17) is 8.83 Å². The molecular formula is C72H54BN3O2. The molecule has 0 saturated heterocycles. The molecule has 0 radical (unpaired) electrons. The lowest BCUT2D eigenvalue weighted by atomic mass is 9.33. The van der Waals surface area contributed by atoms with Crippen LogP contribution in [0, 0.1) is 0 Å². The van der Waals surface area contributed by atoms with E-state index in [-0.39, 0.29) is 17.5 Å². The second-order valence-electron chi connectivity index (χ2n) is 23.7. The van der Waals surface area contributed by atoms with E-state index in [1.165, 1.54) is 60.5 Å². The summed E-state index contributed by atoms with van der Waals surface area (Å²) in [4.78, 5) is 7.50. The molecule has 372 valence electrons. The standard InChI is InChI=1S/C72H54BN3O2/c1-71(2,3)43-25-29-45(30-26-43)75-61-21-14-22-62-70(61)73(59-41-57-52-18-10-12-24-66(52)78-68(57)42-64(59)76(62)46-31-27-44(28-32-46)72(4,5)6)58-36-33-48(40-63(58)75)74(47-34-38-67-56(39-47)51-17-9-11-23-65(51)77-67)60-37-35-54-50-16-8-7-15-49(50)53-19-13-20-55(60)69(53)54/h7-42H,1-6H3. The smallest absolute Gasteiger partial charge is 0.252 e. The van der Waals surface area contributed by atoms with Crippen LogP contribution in [0.3, 0.4) is 0 Å². The van der Waals surface area contributed by atoms with E-state index in [1.54, 1.807) is 0 Å². The summed E-state index contributed by atoms with van der Waals surface area (Å²) >= 11 is 0. The van der Waals surface area contributed by atoms with Gasteiger partial charge in [0.1, 0.15) is 22.3 Å². The van der Waals surface area contributed by atoms with Gasteiger partial charge in [-0.25, -0.2) is 0 Å². The Morgan fingerprint density at radius 2 is 0.859 bits per heavy atom. The van der Waals surface area contributed by atoms with Crippen molar-refractivity contribution >= 4 is 129 Å². The van der Waals surface area contributed by atoms with Crippen molar-refractivity contribution in [1.82, 2.24) is 0 Å². The minimum absolute atomic E-state index is 0.0114. The maximum Gasteiger partial charge on any atom is 0.252 e. The lowest BCUT2D eigenvalue weighted by Crippen LogP contribution is -2.61. The maximum atomic E-state index is 6.73. The molecule has 78 heavy (non-hydrogen) atoms. The fourth-order valence-electron chi connectivity index (χ4n) is 13.3.